The van der Waals surface area contributed by atoms with Gasteiger partial charge in [0.15, 0.2) is 0 Å². The van der Waals surface area contributed by atoms with Crippen LogP contribution in [0.4, 0.5) is 4.39 Å². The summed E-state index contributed by atoms with van der Waals surface area (Å²) >= 11 is 0. The molecule has 0 unspecified atom stereocenters. The number of hydrogen-bond donors (Lipinski definition) is 1. The monoisotopic (exact) mass is 472 g/mol. The lowest BCUT2D eigenvalue weighted by Crippen LogP contribution is -2.22. The van der Waals surface area contributed by atoms with E-state index < -0.39 is 10.0 Å². The lowest BCUT2D eigenvalue weighted by atomic mass is 10.0. The average molecular weight is 473 g/mol. The molecule has 0 fully saturated rings. The molecular weight excluding hydrogens is 443 g/mol. The van der Waals surface area contributed by atoms with E-state index in [4.69, 9.17) is 5.73 Å². The minimum atomic E-state index is -3.64. The van der Waals surface area contributed by atoms with Crippen molar-refractivity contribution in [3.05, 3.63) is 65.6 Å². The van der Waals surface area contributed by atoms with Gasteiger partial charge < -0.3 is 15.2 Å². The van der Waals surface area contributed by atoms with E-state index in [1.54, 1.807) is 44.4 Å². The number of fused-ring (bicyclic) bond motifs is 1. The number of aromatic nitrogens is 1. The number of carbonyl (C=O) groups is 1. The number of allylic oxidation sites excluding steroid dienone is 1. The summed E-state index contributed by atoms with van der Waals surface area (Å²) in [6.45, 7) is 1.92. The first-order valence-corrected chi connectivity index (χ1v) is 11.8. The Morgan fingerprint density at radius 2 is 1.82 bits per heavy atom. The zero-order valence-electron chi connectivity index (χ0n) is 19.5. The molecule has 33 heavy (non-hydrogen) atoms. The minimum absolute atomic E-state index is 0.0177. The van der Waals surface area contributed by atoms with Gasteiger partial charge in [0, 0.05) is 62.5 Å². The molecule has 7 nitrogen and oxygen atoms in total. The Morgan fingerprint density at radius 3 is 2.42 bits per heavy atom. The summed E-state index contributed by atoms with van der Waals surface area (Å²) < 4.78 is 42.8. The van der Waals surface area contributed by atoms with Crippen LogP contribution in [0.2, 0.25) is 0 Å². The third-order valence-electron chi connectivity index (χ3n) is 5.53. The van der Waals surface area contributed by atoms with Crippen molar-refractivity contribution in [2.24, 2.45) is 5.73 Å². The number of halogens is 1. The molecule has 0 aliphatic carbocycles. The normalized spacial score (nSPS) is 12.5. The van der Waals surface area contributed by atoms with E-state index in [9.17, 15) is 17.6 Å². The first kappa shape index (κ1) is 24.6. The lowest BCUT2D eigenvalue weighted by molar-refractivity contribution is 0.0827. The third-order valence-corrected chi connectivity index (χ3v) is 7.34. The summed E-state index contributed by atoms with van der Waals surface area (Å²) in [5.74, 6) is -0.534. The molecule has 1 heterocycles. The van der Waals surface area contributed by atoms with Crippen LogP contribution < -0.4 is 5.73 Å². The van der Waals surface area contributed by atoms with Gasteiger partial charge in [-0.1, -0.05) is 12.1 Å². The fourth-order valence-corrected chi connectivity index (χ4v) is 4.76. The van der Waals surface area contributed by atoms with Gasteiger partial charge in [0.1, 0.15) is 5.83 Å². The van der Waals surface area contributed by atoms with E-state index in [-0.39, 0.29) is 29.7 Å². The van der Waals surface area contributed by atoms with Gasteiger partial charge >= 0.3 is 0 Å². The second kappa shape index (κ2) is 9.46. The number of benzene rings is 2. The van der Waals surface area contributed by atoms with Gasteiger partial charge in [-0.25, -0.2) is 17.1 Å². The molecule has 0 radical (unpaired) electrons. The molecule has 1 amide bonds. The van der Waals surface area contributed by atoms with Crippen LogP contribution in [-0.2, 0) is 16.6 Å². The van der Waals surface area contributed by atoms with E-state index >= 15 is 0 Å². The number of nitrogens with two attached hydrogens (primary N) is 1. The Bertz CT molecular complexity index is 1340. The molecule has 0 saturated carbocycles. The first-order chi connectivity index (χ1) is 15.5. The lowest BCUT2D eigenvalue weighted by Gasteiger charge is -2.13. The SMILES string of the molecule is Cc1c(-c2cccc(S(=O)(=O)N(C)C)c2)c2cc(C(=O)N(C)C)ccc2n1C/C(F)=C/CN. The quantitative estimate of drug-likeness (QED) is 0.571. The van der Waals surface area contributed by atoms with Crippen LogP contribution in [0.3, 0.4) is 0 Å². The smallest absolute Gasteiger partial charge is 0.253 e. The second-order valence-electron chi connectivity index (χ2n) is 8.18. The molecule has 0 aliphatic rings. The molecule has 9 heteroatoms. The number of rotatable bonds is 7. The summed E-state index contributed by atoms with van der Waals surface area (Å²) in [6, 6.07) is 11.9. The number of amides is 1. The van der Waals surface area contributed by atoms with Crippen molar-refractivity contribution < 1.29 is 17.6 Å². The second-order valence-corrected chi connectivity index (χ2v) is 10.3. The summed E-state index contributed by atoms with van der Waals surface area (Å²) in [5, 5.41) is 0.736. The van der Waals surface area contributed by atoms with Crippen molar-refractivity contribution in [2.75, 3.05) is 34.7 Å². The molecule has 0 saturated heterocycles. The van der Waals surface area contributed by atoms with Crippen LogP contribution in [-0.4, -0.2) is 62.8 Å². The summed E-state index contributed by atoms with van der Waals surface area (Å²) in [7, 11) is 2.66. The van der Waals surface area contributed by atoms with Crippen LogP contribution in [0.15, 0.2) is 59.3 Å². The van der Waals surface area contributed by atoms with Crippen molar-refractivity contribution in [2.45, 2.75) is 18.4 Å². The number of sulfonamides is 1. The summed E-state index contributed by atoms with van der Waals surface area (Å²) in [6.07, 6.45) is 1.32. The largest absolute Gasteiger partial charge is 0.345 e. The highest BCUT2D eigenvalue weighted by Gasteiger charge is 2.22. The third kappa shape index (κ3) is 4.71. The average Bonchev–Trinajstić information content (AvgIpc) is 3.03. The molecule has 0 atom stereocenters. The van der Waals surface area contributed by atoms with Crippen LogP contribution in [0, 0.1) is 6.92 Å². The zero-order valence-corrected chi connectivity index (χ0v) is 20.3. The molecule has 0 bridgehead atoms. The van der Waals surface area contributed by atoms with Gasteiger partial charge in [-0.15, -0.1) is 0 Å². The Morgan fingerprint density at radius 1 is 1.12 bits per heavy atom. The topological polar surface area (TPSA) is 88.6 Å². The van der Waals surface area contributed by atoms with Crippen LogP contribution in [0.25, 0.3) is 22.0 Å². The molecule has 3 rings (SSSR count). The first-order valence-electron chi connectivity index (χ1n) is 10.4. The van der Waals surface area contributed by atoms with Gasteiger partial charge in [0.25, 0.3) is 5.91 Å². The van der Waals surface area contributed by atoms with Gasteiger partial charge in [-0.3, -0.25) is 4.79 Å². The van der Waals surface area contributed by atoms with Crippen molar-refractivity contribution >= 4 is 26.8 Å². The van der Waals surface area contributed by atoms with Crippen molar-refractivity contribution in [3.8, 4) is 11.1 Å². The maximum absolute atomic E-state index is 14.4. The van der Waals surface area contributed by atoms with Crippen molar-refractivity contribution in [1.82, 2.24) is 13.8 Å². The van der Waals surface area contributed by atoms with Crippen LogP contribution in [0.5, 0.6) is 0 Å². The van der Waals surface area contributed by atoms with Crippen molar-refractivity contribution in [1.29, 1.82) is 0 Å². The van der Waals surface area contributed by atoms with Gasteiger partial charge in [0.2, 0.25) is 10.0 Å². The molecule has 0 aliphatic heterocycles. The maximum Gasteiger partial charge on any atom is 0.253 e. The van der Waals surface area contributed by atoms with Crippen LogP contribution >= 0.6 is 0 Å². The van der Waals surface area contributed by atoms with Gasteiger partial charge in [-0.2, -0.15) is 0 Å². The molecule has 176 valence electrons. The predicted molar refractivity (Wildman–Crippen MR) is 129 cm³/mol. The number of nitrogens with zero attached hydrogens (tertiary/aromatic N) is 3. The highest BCUT2D eigenvalue weighted by Crippen LogP contribution is 2.37. The molecule has 2 N–H and O–H groups in total. The Balaban J connectivity index is 2.32. The highest BCUT2D eigenvalue weighted by molar-refractivity contribution is 7.89. The standard InChI is InChI=1S/C24H29FN4O3S/c1-16-23(17-7-6-8-20(13-17)33(31,32)28(4)5)21-14-18(24(30)27(2)3)9-10-22(21)29(16)15-19(25)11-12-26/h6-11,13-14H,12,15,26H2,1-5H3/b19-11-. The number of carbonyl (C=O) groups excluding carboxylic acids is 1. The number of hydrogen-bond acceptors (Lipinski definition) is 4. The Kier molecular flexibility index (Phi) is 7.06. The fourth-order valence-electron chi connectivity index (χ4n) is 3.81. The van der Waals surface area contributed by atoms with Crippen molar-refractivity contribution in [3.63, 3.8) is 0 Å². The molecule has 0 spiro atoms. The fraction of sp³-hybridized carbons (Fsp3) is 0.292. The predicted octanol–water partition coefficient (Wildman–Crippen LogP) is 3.38. The molecule has 3 aromatic rings. The highest BCUT2D eigenvalue weighted by atomic mass is 32.2. The van der Waals surface area contributed by atoms with E-state index in [0.29, 0.717) is 11.1 Å². The van der Waals surface area contributed by atoms with E-state index in [2.05, 4.69) is 0 Å². The Labute approximate surface area is 193 Å². The Hall–Kier alpha value is -3.01. The summed E-state index contributed by atoms with van der Waals surface area (Å²) in [5.41, 5.74) is 8.85. The molecular formula is C24H29FN4O3S. The van der Waals surface area contributed by atoms with Gasteiger partial charge in [-0.05, 0) is 48.9 Å². The van der Waals surface area contributed by atoms with E-state index in [1.807, 2.05) is 17.6 Å². The molecule has 2 aromatic carbocycles. The zero-order chi connectivity index (χ0) is 24.5. The van der Waals surface area contributed by atoms with E-state index in [1.165, 1.54) is 31.1 Å². The minimum Gasteiger partial charge on any atom is -0.345 e. The summed E-state index contributed by atoms with van der Waals surface area (Å²) in [4.78, 5) is 14.2. The van der Waals surface area contributed by atoms with E-state index in [0.717, 1.165) is 26.5 Å². The van der Waals surface area contributed by atoms with Gasteiger partial charge in [0.05, 0.1) is 11.4 Å². The van der Waals surface area contributed by atoms with Crippen LogP contribution in [0.1, 0.15) is 16.1 Å². The molecule has 1 aromatic heterocycles. The maximum atomic E-state index is 14.4.